The molecule has 0 aliphatic carbocycles. The summed E-state index contributed by atoms with van der Waals surface area (Å²) in [4.78, 5) is 0. The highest BCUT2D eigenvalue weighted by Crippen LogP contribution is 2.58. The van der Waals surface area contributed by atoms with E-state index in [9.17, 15) is 0 Å². The van der Waals surface area contributed by atoms with E-state index in [1.54, 1.807) is 0 Å². The molecule has 1 aromatic rings. The molecule has 72 heavy (non-hydrogen) atoms. The average molecular weight is 1020 g/mol. The third-order valence-electron chi connectivity index (χ3n) is 14.7. The van der Waals surface area contributed by atoms with E-state index in [0.29, 0.717) is 74.1 Å². The second-order valence-electron chi connectivity index (χ2n) is 21.9. The first kappa shape index (κ1) is 68.0. The van der Waals surface area contributed by atoms with Gasteiger partial charge < -0.3 is 28.4 Å². The van der Waals surface area contributed by atoms with Gasteiger partial charge in [0.05, 0.1) is 39.6 Å². The van der Waals surface area contributed by atoms with Crippen LogP contribution in [0.1, 0.15) is 350 Å². The van der Waals surface area contributed by atoms with E-state index < -0.39 is 0 Å². The van der Waals surface area contributed by atoms with Gasteiger partial charge in [-0.25, -0.2) is 0 Å². The number of rotatable bonds is 60. The van der Waals surface area contributed by atoms with E-state index in [-0.39, 0.29) is 0 Å². The first-order valence-electron chi connectivity index (χ1n) is 32.7. The highest BCUT2D eigenvalue weighted by Gasteiger charge is 2.32. The Kier molecular flexibility index (Phi) is 52.2. The van der Waals surface area contributed by atoms with Crippen LogP contribution < -0.4 is 28.4 Å². The highest BCUT2D eigenvalue weighted by atomic mass is 16.6. The van der Waals surface area contributed by atoms with Crippen LogP contribution in [0.2, 0.25) is 0 Å². The third kappa shape index (κ3) is 39.4. The summed E-state index contributed by atoms with van der Waals surface area (Å²) in [5, 5.41) is 0. The minimum Gasteiger partial charge on any atom is -0.486 e. The van der Waals surface area contributed by atoms with Gasteiger partial charge in [-0.3, -0.25) is 0 Å². The normalized spacial score (nSPS) is 11.4. The molecule has 6 heteroatoms. The Bertz CT molecular complexity index is 975. The maximum Gasteiger partial charge on any atom is 0.211 e. The van der Waals surface area contributed by atoms with Crippen LogP contribution >= 0.6 is 0 Å². The summed E-state index contributed by atoms with van der Waals surface area (Å²) in [6.07, 6.45) is 60.3. The molecule has 1 rings (SSSR count). The molecule has 0 N–H and O–H groups in total. The molecular formula is C66H126O6. The molecule has 0 aliphatic heterocycles. The van der Waals surface area contributed by atoms with Gasteiger partial charge >= 0.3 is 0 Å². The zero-order valence-electron chi connectivity index (χ0n) is 49.6. The number of hydrogen-bond acceptors (Lipinski definition) is 6. The molecule has 0 spiro atoms. The van der Waals surface area contributed by atoms with E-state index in [2.05, 4.69) is 41.5 Å². The van der Waals surface area contributed by atoms with Crippen LogP contribution in [0.15, 0.2) is 0 Å². The SMILES string of the molecule is CCCCCCCCCCOc1c(OCCCCCCCCCC)c(OCCCCCCCCCC)c(OCCCCCCCCCC)c(OCCCCCCCCCC)c1OCCCCCCCCCC. The van der Waals surface area contributed by atoms with Gasteiger partial charge in [-0.15, -0.1) is 0 Å². The second-order valence-corrected chi connectivity index (χ2v) is 21.9. The quantitative estimate of drug-likeness (QED) is 0.0606. The maximum atomic E-state index is 7.03. The molecular weight excluding hydrogens is 889 g/mol. The standard InChI is InChI=1S/C66H126O6/c1-7-13-19-25-31-37-43-49-55-67-61-62(68-56-50-44-38-32-26-20-14-8-2)64(70-58-52-46-40-34-28-22-16-10-4)66(72-60-54-48-42-36-30-24-18-12-6)65(71-59-53-47-41-35-29-23-17-11-5)63(61)69-57-51-45-39-33-27-21-15-9-3/h7-60H2,1-6H3. The summed E-state index contributed by atoms with van der Waals surface area (Å²) in [6.45, 7) is 17.5. The van der Waals surface area contributed by atoms with Gasteiger partial charge in [-0.1, -0.05) is 311 Å². The molecule has 0 aliphatic rings. The van der Waals surface area contributed by atoms with Crippen molar-refractivity contribution in [3.8, 4) is 34.5 Å². The van der Waals surface area contributed by atoms with E-state index in [1.807, 2.05) is 0 Å². The molecule has 0 bridgehead atoms. The summed E-state index contributed by atoms with van der Waals surface area (Å²) >= 11 is 0. The van der Waals surface area contributed by atoms with Crippen molar-refractivity contribution in [1.82, 2.24) is 0 Å². The van der Waals surface area contributed by atoms with E-state index in [4.69, 9.17) is 28.4 Å². The van der Waals surface area contributed by atoms with E-state index in [1.165, 1.54) is 270 Å². The number of ether oxygens (including phenoxy) is 6. The van der Waals surface area contributed by atoms with Crippen molar-refractivity contribution < 1.29 is 28.4 Å². The third-order valence-corrected chi connectivity index (χ3v) is 14.7. The topological polar surface area (TPSA) is 55.4 Å². The number of unbranched alkanes of at least 4 members (excludes halogenated alkanes) is 42. The molecule has 0 amide bonds. The van der Waals surface area contributed by atoms with Crippen LogP contribution in [0.4, 0.5) is 0 Å². The summed E-state index contributed by atoms with van der Waals surface area (Å²) in [5.74, 6) is 4.05. The zero-order valence-corrected chi connectivity index (χ0v) is 49.6. The lowest BCUT2D eigenvalue weighted by Gasteiger charge is -2.26. The van der Waals surface area contributed by atoms with Crippen LogP contribution in [0.5, 0.6) is 34.5 Å². The summed E-state index contributed by atoms with van der Waals surface area (Å²) in [6, 6.07) is 0. The van der Waals surface area contributed by atoms with Gasteiger partial charge in [-0.2, -0.15) is 0 Å². The molecule has 426 valence electrons. The fourth-order valence-electron chi connectivity index (χ4n) is 9.87. The fourth-order valence-corrected chi connectivity index (χ4v) is 9.87. The molecule has 1 aromatic carbocycles. The van der Waals surface area contributed by atoms with Gasteiger partial charge in [0.25, 0.3) is 0 Å². The molecule has 0 radical (unpaired) electrons. The minimum atomic E-state index is 0.616. The van der Waals surface area contributed by atoms with Crippen molar-refractivity contribution in [1.29, 1.82) is 0 Å². The minimum absolute atomic E-state index is 0.616. The lowest BCUT2D eigenvalue weighted by atomic mass is 10.1. The van der Waals surface area contributed by atoms with Gasteiger partial charge in [0.1, 0.15) is 0 Å². The summed E-state index contributed by atoms with van der Waals surface area (Å²) < 4.78 is 42.2. The highest BCUT2D eigenvalue weighted by molar-refractivity contribution is 5.73. The predicted octanol–water partition coefficient (Wildman–Crippen LogP) is 22.8. The lowest BCUT2D eigenvalue weighted by Crippen LogP contribution is -2.13. The maximum absolute atomic E-state index is 7.03. The Morgan fingerprint density at radius 3 is 0.347 bits per heavy atom. The van der Waals surface area contributed by atoms with Crippen LogP contribution in [-0.4, -0.2) is 39.6 Å². The number of hydrogen-bond donors (Lipinski definition) is 0. The fraction of sp³-hybridized carbons (Fsp3) is 0.909. The number of benzene rings is 1. The molecule has 6 nitrogen and oxygen atoms in total. The van der Waals surface area contributed by atoms with Crippen LogP contribution in [0.25, 0.3) is 0 Å². The second kappa shape index (κ2) is 55.3. The monoisotopic (exact) mass is 1010 g/mol. The Hall–Kier alpha value is -1.98. The van der Waals surface area contributed by atoms with Crippen molar-refractivity contribution in [2.45, 2.75) is 350 Å². The smallest absolute Gasteiger partial charge is 0.211 e. The Balaban J connectivity index is 3.72. The van der Waals surface area contributed by atoms with Gasteiger partial charge in [-0.05, 0) is 38.5 Å². The van der Waals surface area contributed by atoms with Crippen LogP contribution in [0.3, 0.4) is 0 Å². The average Bonchev–Trinajstić information content (AvgIpc) is 3.39. The largest absolute Gasteiger partial charge is 0.486 e. The van der Waals surface area contributed by atoms with E-state index in [0.717, 1.165) is 38.5 Å². The predicted molar refractivity (Wildman–Crippen MR) is 315 cm³/mol. The van der Waals surface area contributed by atoms with Crippen molar-refractivity contribution in [2.75, 3.05) is 39.6 Å². The Labute approximate surface area is 450 Å². The molecule has 0 fully saturated rings. The van der Waals surface area contributed by atoms with Crippen molar-refractivity contribution >= 4 is 0 Å². The Morgan fingerprint density at radius 2 is 0.236 bits per heavy atom. The van der Waals surface area contributed by atoms with Gasteiger partial charge in [0.15, 0.2) is 0 Å². The van der Waals surface area contributed by atoms with Crippen molar-refractivity contribution in [2.24, 2.45) is 0 Å². The van der Waals surface area contributed by atoms with E-state index >= 15 is 0 Å². The first-order chi connectivity index (χ1) is 35.7. The lowest BCUT2D eigenvalue weighted by molar-refractivity contribution is 0.188. The van der Waals surface area contributed by atoms with Crippen LogP contribution in [0, 0.1) is 0 Å². The zero-order chi connectivity index (χ0) is 51.9. The molecule has 0 heterocycles. The molecule has 0 aromatic heterocycles. The molecule has 0 saturated carbocycles. The first-order valence-corrected chi connectivity index (χ1v) is 32.7. The van der Waals surface area contributed by atoms with Gasteiger partial charge in [0, 0.05) is 0 Å². The molecule has 0 atom stereocenters. The van der Waals surface area contributed by atoms with Crippen molar-refractivity contribution in [3.63, 3.8) is 0 Å². The van der Waals surface area contributed by atoms with Crippen LogP contribution in [-0.2, 0) is 0 Å². The summed E-state index contributed by atoms with van der Waals surface area (Å²) in [7, 11) is 0. The molecule has 0 unspecified atom stereocenters. The molecule has 0 saturated heterocycles. The summed E-state index contributed by atoms with van der Waals surface area (Å²) in [5.41, 5.74) is 0. The van der Waals surface area contributed by atoms with Gasteiger partial charge in [0.2, 0.25) is 34.5 Å². The van der Waals surface area contributed by atoms with Crippen molar-refractivity contribution in [3.05, 3.63) is 0 Å². The Morgan fingerprint density at radius 1 is 0.139 bits per heavy atom.